The van der Waals surface area contributed by atoms with Gasteiger partial charge in [0.15, 0.2) is 0 Å². The summed E-state index contributed by atoms with van der Waals surface area (Å²) in [7, 11) is 0. The monoisotopic (exact) mass is 388 g/mol. The van der Waals surface area contributed by atoms with Crippen LogP contribution in [0.2, 0.25) is 0 Å². The number of amides is 1. The number of carbonyl (C=O) groups excluding carboxylic acids is 1. The van der Waals surface area contributed by atoms with Crippen LogP contribution in [0.15, 0.2) is 78.0 Å². The lowest BCUT2D eigenvalue weighted by Gasteiger charge is -2.17. The van der Waals surface area contributed by atoms with Gasteiger partial charge in [0, 0.05) is 6.20 Å². The average molecular weight is 388 g/mol. The largest absolute Gasteiger partial charge is 0.342 e. The van der Waals surface area contributed by atoms with Crippen LogP contribution in [0.4, 0.5) is 0 Å². The average Bonchev–Trinajstić information content (AvgIpc) is 3.18. The highest BCUT2D eigenvalue weighted by molar-refractivity contribution is 7.98. The molecule has 2 aromatic carbocycles. The van der Waals surface area contributed by atoms with Crippen LogP contribution in [-0.2, 0) is 6.42 Å². The van der Waals surface area contributed by atoms with Gasteiger partial charge < -0.3 is 10.3 Å². The molecule has 140 valence electrons. The standard InChI is InChI=1S/C22H20N4OS/c1-28-22-16(10-7-13-23-22)21(27)26-19(14-15-8-3-2-4-9-15)20-24-17-11-5-6-12-18(17)25-20/h2-13,19H,14H2,1H3,(H,24,25)(H,26,27)/t19-/m0/s1. The number of H-pyrrole nitrogens is 1. The zero-order valence-corrected chi connectivity index (χ0v) is 16.2. The van der Waals surface area contributed by atoms with Gasteiger partial charge in [0.05, 0.1) is 22.6 Å². The van der Waals surface area contributed by atoms with E-state index in [1.54, 1.807) is 18.3 Å². The fourth-order valence-electron chi connectivity index (χ4n) is 3.17. The zero-order chi connectivity index (χ0) is 19.3. The number of pyridine rings is 1. The number of fused-ring (bicyclic) bond motifs is 1. The molecular formula is C22H20N4OS. The molecule has 1 amide bonds. The quantitative estimate of drug-likeness (QED) is 0.481. The van der Waals surface area contributed by atoms with E-state index < -0.39 is 0 Å². The van der Waals surface area contributed by atoms with Crippen molar-refractivity contribution in [1.29, 1.82) is 0 Å². The summed E-state index contributed by atoms with van der Waals surface area (Å²) in [6.07, 6.45) is 4.25. The Bertz CT molecular complexity index is 1060. The van der Waals surface area contributed by atoms with Crippen LogP contribution in [0.1, 0.15) is 27.8 Å². The molecule has 5 nitrogen and oxygen atoms in total. The highest BCUT2D eigenvalue weighted by Crippen LogP contribution is 2.22. The second-order valence-electron chi connectivity index (χ2n) is 6.42. The SMILES string of the molecule is CSc1ncccc1C(=O)N[C@@H](Cc1ccccc1)c1nc2ccccc2[nH]1. The van der Waals surface area contributed by atoms with Gasteiger partial charge >= 0.3 is 0 Å². The summed E-state index contributed by atoms with van der Waals surface area (Å²) >= 11 is 1.46. The van der Waals surface area contributed by atoms with E-state index in [2.05, 4.69) is 27.4 Å². The highest BCUT2D eigenvalue weighted by Gasteiger charge is 2.21. The van der Waals surface area contributed by atoms with Crippen LogP contribution in [-0.4, -0.2) is 27.1 Å². The first-order valence-electron chi connectivity index (χ1n) is 9.03. The first-order chi connectivity index (χ1) is 13.7. The molecule has 4 aromatic rings. The summed E-state index contributed by atoms with van der Waals surface area (Å²) < 4.78 is 0. The molecule has 0 aliphatic heterocycles. The van der Waals surface area contributed by atoms with Crippen molar-refractivity contribution >= 4 is 28.7 Å². The van der Waals surface area contributed by atoms with Gasteiger partial charge in [0.2, 0.25) is 0 Å². The molecular weight excluding hydrogens is 368 g/mol. The Hall–Kier alpha value is -3.12. The maximum absolute atomic E-state index is 13.0. The summed E-state index contributed by atoms with van der Waals surface area (Å²) in [4.78, 5) is 25.4. The van der Waals surface area contributed by atoms with Gasteiger partial charge in [0.25, 0.3) is 5.91 Å². The third-order valence-electron chi connectivity index (χ3n) is 4.53. The Kier molecular flexibility index (Phi) is 5.39. The number of thioether (sulfide) groups is 1. The van der Waals surface area contributed by atoms with Crippen molar-refractivity contribution in [2.75, 3.05) is 6.26 Å². The fraction of sp³-hybridized carbons (Fsp3) is 0.136. The molecule has 2 aromatic heterocycles. The Morgan fingerprint density at radius 2 is 1.86 bits per heavy atom. The van der Waals surface area contributed by atoms with E-state index in [0.717, 1.165) is 22.4 Å². The summed E-state index contributed by atoms with van der Waals surface area (Å²) in [6.45, 7) is 0. The number of benzene rings is 2. The maximum atomic E-state index is 13.0. The third-order valence-corrected chi connectivity index (χ3v) is 5.25. The van der Waals surface area contributed by atoms with Gasteiger partial charge in [-0.2, -0.15) is 0 Å². The summed E-state index contributed by atoms with van der Waals surface area (Å²) in [6, 6.07) is 21.3. The first kappa shape index (κ1) is 18.3. The van der Waals surface area contributed by atoms with Crippen LogP contribution in [0.5, 0.6) is 0 Å². The topological polar surface area (TPSA) is 70.7 Å². The predicted molar refractivity (Wildman–Crippen MR) is 112 cm³/mol. The molecule has 0 aliphatic rings. The lowest BCUT2D eigenvalue weighted by Crippen LogP contribution is -2.31. The normalized spacial score (nSPS) is 12.0. The summed E-state index contributed by atoms with van der Waals surface area (Å²) in [5.41, 5.74) is 3.54. The minimum Gasteiger partial charge on any atom is -0.342 e. The molecule has 2 N–H and O–H groups in total. The number of carbonyl (C=O) groups is 1. The number of para-hydroxylation sites is 2. The molecule has 0 saturated heterocycles. The van der Waals surface area contributed by atoms with Crippen molar-refractivity contribution in [1.82, 2.24) is 20.3 Å². The van der Waals surface area contributed by atoms with Crippen molar-refractivity contribution in [2.45, 2.75) is 17.5 Å². The van der Waals surface area contributed by atoms with Crippen LogP contribution in [0, 0.1) is 0 Å². The predicted octanol–water partition coefficient (Wildman–Crippen LogP) is 4.39. The van der Waals surface area contributed by atoms with E-state index in [4.69, 9.17) is 4.98 Å². The molecule has 0 aliphatic carbocycles. The fourth-order valence-corrected chi connectivity index (χ4v) is 3.71. The molecule has 0 radical (unpaired) electrons. The van der Waals surface area contributed by atoms with E-state index in [1.165, 1.54) is 11.8 Å². The number of hydrogen-bond acceptors (Lipinski definition) is 4. The third kappa shape index (κ3) is 3.92. The minimum atomic E-state index is -0.280. The molecule has 0 fully saturated rings. The van der Waals surface area contributed by atoms with Crippen molar-refractivity contribution < 1.29 is 4.79 Å². The van der Waals surface area contributed by atoms with Crippen molar-refractivity contribution in [3.05, 3.63) is 89.9 Å². The first-order valence-corrected chi connectivity index (χ1v) is 10.3. The van der Waals surface area contributed by atoms with E-state index in [-0.39, 0.29) is 11.9 Å². The highest BCUT2D eigenvalue weighted by atomic mass is 32.2. The number of nitrogens with one attached hydrogen (secondary N) is 2. The zero-order valence-electron chi connectivity index (χ0n) is 15.4. The Labute approximate surface area is 167 Å². The lowest BCUT2D eigenvalue weighted by atomic mass is 10.0. The minimum absolute atomic E-state index is 0.154. The molecule has 28 heavy (non-hydrogen) atoms. The van der Waals surface area contributed by atoms with Crippen LogP contribution in [0.25, 0.3) is 11.0 Å². The summed E-state index contributed by atoms with van der Waals surface area (Å²) in [5.74, 6) is 0.590. The number of aromatic nitrogens is 3. The second kappa shape index (κ2) is 8.27. The van der Waals surface area contributed by atoms with Gasteiger partial charge in [-0.3, -0.25) is 4.79 Å². The van der Waals surface area contributed by atoms with Crippen LogP contribution >= 0.6 is 11.8 Å². The van der Waals surface area contributed by atoms with E-state index in [1.807, 2.05) is 48.7 Å². The van der Waals surface area contributed by atoms with Gasteiger partial charge in [-0.25, -0.2) is 9.97 Å². The lowest BCUT2D eigenvalue weighted by molar-refractivity contribution is 0.0931. The second-order valence-corrected chi connectivity index (χ2v) is 7.21. The number of hydrogen-bond donors (Lipinski definition) is 2. The van der Waals surface area contributed by atoms with Crippen molar-refractivity contribution in [3.63, 3.8) is 0 Å². The number of nitrogens with zero attached hydrogens (tertiary/aromatic N) is 2. The molecule has 0 unspecified atom stereocenters. The van der Waals surface area contributed by atoms with Gasteiger partial charge in [-0.15, -0.1) is 11.8 Å². The molecule has 4 rings (SSSR count). The molecule has 6 heteroatoms. The molecule has 2 heterocycles. The van der Waals surface area contributed by atoms with Crippen molar-refractivity contribution in [3.8, 4) is 0 Å². The summed E-state index contributed by atoms with van der Waals surface area (Å²) in [5, 5.41) is 3.86. The Morgan fingerprint density at radius 1 is 1.07 bits per heavy atom. The van der Waals surface area contributed by atoms with Crippen LogP contribution < -0.4 is 5.32 Å². The molecule has 0 spiro atoms. The van der Waals surface area contributed by atoms with Gasteiger partial charge in [-0.1, -0.05) is 42.5 Å². The van der Waals surface area contributed by atoms with Crippen LogP contribution in [0.3, 0.4) is 0 Å². The van der Waals surface area contributed by atoms with Gasteiger partial charge in [-0.05, 0) is 42.5 Å². The van der Waals surface area contributed by atoms with Gasteiger partial charge in [0.1, 0.15) is 10.9 Å². The number of imidazole rings is 1. The Morgan fingerprint density at radius 3 is 2.64 bits per heavy atom. The van der Waals surface area contributed by atoms with E-state index in [9.17, 15) is 4.79 Å². The van der Waals surface area contributed by atoms with E-state index >= 15 is 0 Å². The molecule has 0 saturated carbocycles. The smallest absolute Gasteiger partial charge is 0.254 e. The Balaban J connectivity index is 1.67. The molecule has 1 atom stereocenters. The number of aromatic amines is 1. The molecule has 0 bridgehead atoms. The van der Waals surface area contributed by atoms with E-state index in [0.29, 0.717) is 17.0 Å². The maximum Gasteiger partial charge on any atom is 0.254 e. The van der Waals surface area contributed by atoms with Crippen molar-refractivity contribution in [2.24, 2.45) is 0 Å². The number of rotatable bonds is 6.